The SMILES string of the molecule is CC(C)(C)OC(=O)N1C2CCC1CC(C(=O)c1cnc3ccccc3n1)C2. The van der Waals surface area contributed by atoms with Gasteiger partial charge in [-0.1, -0.05) is 12.1 Å². The number of amides is 1. The van der Waals surface area contributed by atoms with E-state index >= 15 is 0 Å². The third-order valence-corrected chi connectivity index (χ3v) is 5.41. The van der Waals surface area contributed by atoms with Crippen LogP contribution in [0, 0.1) is 5.92 Å². The molecular formula is C21H25N3O3. The fourth-order valence-corrected chi connectivity index (χ4v) is 4.29. The summed E-state index contributed by atoms with van der Waals surface area (Å²) < 4.78 is 5.57. The number of hydrogen-bond acceptors (Lipinski definition) is 5. The maximum Gasteiger partial charge on any atom is 0.410 e. The predicted molar refractivity (Wildman–Crippen MR) is 101 cm³/mol. The number of carbonyl (C=O) groups is 2. The molecule has 3 heterocycles. The number of rotatable bonds is 2. The van der Waals surface area contributed by atoms with E-state index in [1.54, 1.807) is 6.20 Å². The smallest absolute Gasteiger partial charge is 0.410 e. The molecule has 2 fully saturated rings. The van der Waals surface area contributed by atoms with Crippen molar-refractivity contribution in [1.29, 1.82) is 0 Å². The van der Waals surface area contributed by atoms with Crippen LogP contribution in [0.1, 0.15) is 56.9 Å². The average Bonchev–Trinajstić information content (AvgIpc) is 2.89. The minimum Gasteiger partial charge on any atom is -0.444 e. The molecule has 142 valence electrons. The standard InChI is InChI=1S/C21H25N3O3/c1-21(2,3)27-20(26)24-14-8-9-15(24)11-13(10-14)19(25)18-12-22-16-6-4-5-7-17(16)23-18/h4-7,12-15H,8-11H2,1-3H3. The Hall–Kier alpha value is -2.50. The molecule has 4 rings (SSSR count). The van der Waals surface area contributed by atoms with Gasteiger partial charge < -0.3 is 9.64 Å². The van der Waals surface area contributed by atoms with Gasteiger partial charge in [0.2, 0.25) is 0 Å². The van der Waals surface area contributed by atoms with Gasteiger partial charge in [-0.05, 0) is 58.6 Å². The second kappa shape index (κ2) is 6.59. The Balaban J connectivity index is 1.50. The molecule has 0 radical (unpaired) electrons. The number of benzene rings is 1. The van der Waals surface area contributed by atoms with E-state index in [9.17, 15) is 9.59 Å². The van der Waals surface area contributed by atoms with Gasteiger partial charge >= 0.3 is 6.09 Å². The number of nitrogens with zero attached hydrogens (tertiary/aromatic N) is 3. The summed E-state index contributed by atoms with van der Waals surface area (Å²) in [4.78, 5) is 36.3. The number of carbonyl (C=O) groups excluding carboxylic acids is 2. The van der Waals surface area contributed by atoms with Crippen LogP contribution in [0.4, 0.5) is 4.79 Å². The van der Waals surface area contributed by atoms with Crippen molar-refractivity contribution in [2.45, 2.75) is 64.1 Å². The highest BCUT2D eigenvalue weighted by Crippen LogP contribution is 2.40. The number of Topliss-reactive ketones (excluding diaryl/α,β-unsaturated/α-hetero) is 1. The maximum absolute atomic E-state index is 13.0. The van der Waals surface area contributed by atoms with Crippen LogP contribution in [-0.4, -0.2) is 44.4 Å². The molecule has 2 saturated heterocycles. The molecule has 2 bridgehead atoms. The van der Waals surface area contributed by atoms with E-state index in [1.807, 2.05) is 49.9 Å². The van der Waals surface area contributed by atoms with E-state index in [2.05, 4.69) is 9.97 Å². The average molecular weight is 367 g/mol. The number of aromatic nitrogens is 2. The zero-order chi connectivity index (χ0) is 19.2. The summed E-state index contributed by atoms with van der Waals surface area (Å²) in [6.45, 7) is 5.63. The number of ketones is 1. The second-order valence-electron chi connectivity index (χ2n) is 8.55. The molecule has 6 heteroatoms. The predicted octanol–water partition coefficient (Wildman–Crippen LogP) is 3.99. The minimum absolute atomic E-state index is 0.0361. The number of fused-ring (bicyclic) bond motifs is 3. The van der Waals surface area contributed by atoms with Crippen LogP contribution in [0.3, 0.4) is 0 Å². The molecule has 2 unspecified atom stereocenters. The van der Waals surface area contributed by atoms with E-state index in [0.717, 1.165) is 23.9 Å². The van der Waals surface area contributed by atoms with Crippen molar-refractivity contribution >= 4 is 22.9 Å². The number of ether oxygens (including phenoxy) is 1. The Kier molecular flexibility index (Phi) is 4.36. The molecular weight excluding hydrogens is 342 g/mol. The van der Waals surface area contributed by atoms with Crippen molar-refractivity contribution in [3.8, 4) is 0 Å². The van der Waals surface area contributed by atoms with Gasteiger partial charge in [-0.3, -0.25) is 9.78 Å². The van der Waals surface area contributed by atoms with Crippen LogP contribution < -0.4 is 0 Å². The van der Waals surface area contributed by atoms with Crippen molar-refractivity contribution in [3.05, 3.63) is 36.2 Å². The van der Waals surface area contributed by atoms with E-state index < -0.39 is 5.60 Å². The molecule has 27 heavy (non-hydrogen) atoms. The molecule has 0 aliphatic carbocycles. The lowest BCUT2D eigenvalue weighted by molar-refractivity contribution is 0.00251. The Labute approximate surface area is 158 Å². The van der Waals surface area contributed by atoms with Gasteiger partial charge in [0.25, 0.3) is 0 Å². The third-order valence-electron chi connectivity index (χ3n) is 5.41. The number of piperidine rings is 1. The lowest BCUT2D eigenvalue weighted by Gasteiger charge is -2.38. The first-order chi connectivity index (χ1) is 12.8. The first-order valence-corrected chi connectivity index (χ1v) is 9.59. The van der Waals surface area contributed by atoms with Crippen LogP contribution in [0.15, 0.2) is 30.5 Å². The van der Waals surface area contributed by atoms with Gasteiger partial charge in [-0.2, -0.15) is 0 Å². The summed E-state index contributed by atoms with van der Waals surface area (Å²) in [5.74, 6) is -0.0781. The first kappa shape index (κ1) is 17.9. The highest BCUT2D eigenvalue weighted by molar-refractivity contribution is 5.97. The van der Waals surface area contributed by atoms with Crippen LogP contribution >= 0.6 is 0 Å². The van der Waals surface area contributed by atoms with E-state index in [0.29, 0.717) is 18.5 Å². The van der Waals surface area contributed by atoms with Crippen molar-refractivity contribution in [2.75, 3.05) is 0 Å². The number of hydrogen-bond donors (Lipinski definition) is 0. The second-order valence-corrected chi connectivity index (χ2v) is 8.55. The summed E-state index contributed by atoms with van der Waals surface area (Å²) in [5.41, 5.74) is 1.43. The van der Waals surface area contributed by atoms with Gasteiger partial charge in [0, 0.05) is 18.0 Å². The molecule has 1 amide bonds. The van der Waals surface area contributed by atoms with Crippen molar-refractivity contribution in [2.24, 2.45) is 5.92 Å². The molecule has 2 aliphatic heterocycles. The molecule has 2 aliphatic rings. The molecule has 1 aromatic heterocycles. The molecule has 6 nitrogen and oxygen atoms in total. The van der Waals surface area contributed by atoms with Crippen LogP contribution in [-0.2, 0) is 4.74 Å². The van der Waals surface area contributed by atoms with E-state index in [1.165, 1.54) is 0 Å². The van der Waals surface area contributed by atoms with Gasteiger partial charge in [-0.15, -0.1) is 0 Å². The van der Waals surface area contributed by atoms with Crippen molar-refractivity contribution in [1.82, 2.24) is 14.9 Å². The van der Waals surface area contributed by atoms with Crippen LogP contribution in [0.5, 0.6) is 0 Å². The lowest BCUT2D eigenvalue weighted by Crippen LogP contribution is -2.49. The topological polar surface area (TPSA) is 72.4 Å². The fourth-order valence-electron chi connectivity index (χ4n) is 4.29. The monoisotopic (exact) mass is 367 g/mol. The summed E-state index contributed by atoms with van der Waals surface area (Å²) in [6.07, 6.45) is 4.51. The molecule has 1 aromatic carbocycles. The van der Waals surface area contributed by atoms with Crippen LogP contribution in [0.2, 0.25) is 0 Å². The third kappa shape index (κ3) is 3.53. The normalized spacial score (nSPS) is 24.9. The molecule has 0 saturated carbocycles. The largest absolute Gasteiger partial charge is 0.444 e. The summed E-state index contributed by atoms with van der Waals surface area (Å²) in [7, 11) is 0. The Bertz CT molecular complexity index is 876. The van der Waals surface area contributed by atoms with E-state index in [-0.39, 0.29) is 29.9 Å². The number of para-hydroxylation sites is 2. The van der Waals surface area contributed by atoms with Crippen molar-refractivity contribution < 1.29 is 14.3 Å². The van der Waals surface area contributed by atoms with Gasteiger partial charge in [-0.25, -0.2) is 9.78 Å². The van der Waals surface area contributed by atoms with E-state index in [4.69, 9.17) is 4.74 Å². The maximum atomic E-state index is 13.0. The quantitative estimate of drug-likeness (QED) is 0.751. The van der Waals surface area contributed by atoms with Gasteiger partial charge in [0.05, 0.1) is 17.2 Å². The Morgan fingerprint density at radius 1 is 1.07 bits per heavy atom. The zero-order valence-corrected chi connectivity index (χ0v) is 16.0. The Morgan fingerprint density at radius 2 is 1.70 bits per heavy atom. The highest BCUT2D eigenvalue weighted by Gasteiger charge is 2.46. The van der Waals surface area contributed by atoms with Gasteiger partial charge in [0.15, 0.2) is 5.78 Å². The van der Waals surface area contributed by atoms with Gasteiger partial charge in [0.1, 0.15) is 11.3 Å². The fraction of sp³-hybridized carbons (Fsp3) is 0.524. The molecule has 0 N–H and O–H groups in total. The minimum atomic E-state index is -0.510. The molecule has 0 spiro atoms. The summed E-state index contributed by atoms with van der Waals surface area (Å²) in [6, 6.07) is 7.69. The lowest BCUT2D eigenvalue weighted by atomic mass is 9.86. The molecule has 2 atom stereocenters. The summed E-state index contributed by atoms with van der Waals surface area (Å²) >= 11 is 0. The highest BCUT2D eigenvalue weighted by atomic mass is 16.6. The zero-order valence-electron chi connectivity index (χ0n) is 16.0. The molecule has 2 aromatic rings. The van der Waals surface area contributed by atoms with Crippen LogP contribution in [0.25, 0.3) is 11.0 Å². The Morgan fingerprint density at radius 3 is 2.33 bits per heavy atom. The first-order valence-electron chi connectivity index (χ1n) is 9.59. The van der Waals surface area contributed by atoms with Crippen molar-refractivity contribution in [3.63, 3.8) is 0 Å². The summed E-state index contributed by atoms with van der Waals surface area (Å²) in [5, 5.41) is 0.